The third kappa shape index (κ3) is 1.45. The van der Waals surface area contributed by atoms with E-state index in [4.69, 9.17) is 0 Å². The molecule has 34 valence electrons. The largest absolute Gasteiger partial charge is 0.368 e. The van der Waals surface area contributed by atoms with Gasteiger partial charge in [0.2, 0.25) is 0 Å². The van der Waals surface area contributed by atoms with Crippen LogP contribution in [0.4, 0.5) is 0 Å². The van der Waals surface area contributed by atoms with Crippen LogP contribution in [0.1, 0.15) is 0 Å². The quantitative estimate of drug-likeness (QED) is 0.605. The smallest absolute Gasteiger partial charge is 0.000496 e. The molecule has 0 fully saturated rings. The van der Waals surface area contributed by atoms with Gasteiger partial charge in [-0.3, -0.25) is 0 Å². The van der Waals surface area contributed by atoms with Crippen molar-refractivity contribution in [1.29, 1.82) is 0 Å². The van der Waals surface area contributed by atoms with E-state index in [-0.39, 0.29) is 24.0 Å². The summed E-state index contributed by atoms with van der Waals surface area (Å²) in [5.41, 5.74) is 0. The van der Waals surface area contributed by atoms with Crippen molar-refractivity contribution in [3.05, 3.63) is 24.5 Å². The van der Waals surface area contributed by atoms with Crippen molar-refractivity contribution in [2.75, 3.05) is 0 Å². The molecule has 0 saturated carbocycles. The molecule has 1 nitrogen and oxygen atoms in total. The zero-order chi connectivity index (χ0) is 3.54. The van der Waals surface area contributed by atoms with Crippen LogP contribution in [0.5, 0.6) is 0 Å². The average Bonchev–Trinajstić information content (AvgIpc) is 1.76. The number of hydrogen-bond donors (Lipinski definition) is 1. The zero-order valence-corrected chi connectivity index (χ0v) is 5.55. The van der Waals surface area contributed by atoms with E-state index in [1.54, 1.807) is 0 Å². The molecule has 0 spiro atoms. The van der Waals surface area contributed by atoms with Crippen molar-refractivity contribution in [1.82, 2.24) is 4.98 Å². The molecule has 0 unspecified atom stereocenters. The SMILES string of the molecule is I.c1cc[nH]c1. The lowest BCUT2D eigenvalue weighted by molar-refractivity contribution is 1.42. The second kappa shape index (κ2) is 3.21. The highest BCUT2D eigenvalue weighted by atomic mass is 127. The molecule has 1 rings (SSSR count). The van der Waals surface area contributed by atoms with E-state index in [2.05, 4.69) is 4.98 Å². The van der Waals surface area contributed by atoms with E-state index in [0.29, 0.717) is 0 Å². The number of hydrogen-bond acceptors (Lipinski definition) is 0. The molecule has 6 heavy (non-hydrogen) atoms. The second-order valence-electron chi connectivity index (χ2n) is 0.885. The molecule has 1 N–H and O–H groups in total. The fourth-order valence-electron chi connectivity index (χ4n) is 0.278. The molecule has 0 aliphatic rings. The van der Waals surface area contributed by atoms with Gasteiger partial charge in [-0.05, 0) is 12.1 Å². The van der Waals surface area contributed by atoms with Crippen LogP contribution in [0, 0.1) is 0 Å². The van der Waals surface area contributed by atoms with Crippen LogP contribution >= 0.6 is 24.0 Å². The summed E-state index contributed by atoms with van der Waals surface area (Å²) in [6.07, 6.45) is 3.75. The summed E-state index contributed by atoms with van der Waals surface area (Å²) >= 11 is 0. The third-order valence-corrected chi connectivity index (χ3v) is 0.496. The minimum Gasteiger partial charge on any atom is -0.368 e. The predicted molar refractivity (Wildman–Crippen MR) is 36.2 cm³/mol. The lowest BCUT2D eigenvalue weighted by Crippen LogP contribution is -1.38. The monoisotopic (exact) mass is 195 g/mol. The lowest BCUT2D eigenvalue weighted by Gasteiger charge is -1.49. The van der Waals surface area contributed by atoms with Gasteiger partial charge in [0.1, 0.15) is 0 Å². The second-order valence-corrected chi connectivity index (χ2v) is 0.885. The Morgan fingerprint density at radius 1 is 1.00 bits per heavy atom. The highest BCUT2D eigenvalue weighted by Gasteiger charge is 1.55. The number of halogens is 1. The Labute approximate surface area is 53.8 Å². The predicted octanol–water partition coefficient (Wildman–Crippen LogP) is 1.63. The van der Waals surface area contributed by atoms with E-state index >= 15 is 0 Å². The maximum absolute atomic E-state index is 2.86. The van der Waals surface area contributed by atoms with E-state index in [0.717, 1.165) is 0 Å². The van der Waals surface area contributed by atoms with Gasteiger partial charge in [-0.2, -0.15) is 0 Å². The summed E-state index contributed by atoms with van der Waals surface area (Å²) in [4.78, 5) is 2.86. The Balaban J connectivity index is 0.000000250. The Morgan fingerprint density at radius 3 is 1.67 bits per heavy atom. The minimum atomic E-state index is 0. The summed E-state index contributed by atoms with van der Waals surface area (Å²) in [6, 6.07) is 3.89. The number of rotatable bonds is 0. The molecule has 0 saturated heterocycles. The average molecular weight is 195 g/mol. The maximum Gasteiger partial charge on any atom is 0.000496 e. The van der Waals surface area contributed by atoms with Crippen LogP contribution in [0.2, 0.25) is 0 Å². The molecule has 0 aliphatic heterocycles. The summed E-state index contributed by atoms with van der Waals surface area (Å²) in [7, 11) is 0. The molecule has 1 aromatic rings. The van der Waals surface area contributed by atoms with E-state index in [1.807, 2.05) is 24.5 Å². The van der Waals surface area contributed by atoms with Crippen molar-refractivity contribution in [2.24, 2.45) is 0 Å². The van der Waals surface area contributed by atoms with Gasteiger partial charge < -0.3 is 4.98 Å². The van der Waals surface area contributed by atoms with Crippen molar-refractivity contribution in [2.45, 2.75) is 0 Å². The van der Waals surface area contributed by atoms with Gasteiger partial charge in [0, 0.05) is 12.4 Å². The fraction of sp³-hybridized carbons (Fsp3) is 0. The normalized spacial score (nSPS) is 6.67. The fourth-order valence-corrected chi connectivity index (χ4v) is 0.278. The summed E-state index contributed by atoms with van der Waals surface area (Å²) in [5, 5.41) is 0. The van der Waals surface area contributed by atoms with Crippen LogP contribution in [0.25, 0.3) is 0 Å². The number of H-pyrrole nitrogens is 1. The number of aromatic nitrogens is 1. The van der Waals surface area contributed by atoms with Gasteiger partial charge in [0.05, 0.1) is 0 Å². The molecular formula is C4H6IN. The van der Waals surface area contributed by atoms with Crippen LogP contribution in [-0.4, -0.2) is 4.98 Å². The van der Waals surface area contributed by atoms with Gasteiger partial charge >= 0.3 is 0 Å². The highest BCUT2D eigenvalue weighted by molar-refractivity contribution is 14.0. The van der Waals surface area contributed by atoms with Crippen molar-refractivity contribution in [3.8, 4) is 0 Å². The first kappa shape index (κ1) is 6.01. The first-order chi connectivity index (χ1) is 2.50. The van der Waals surface area contributed by atoms with E-state index < -0.39 is 0 Å². The van der Waals surface area contributed by atoms with Gasteiger partial charge in [0.25, 0.3) is 0 Å². The van der Waals surface area contributed by atoms with Crippen molar-refractivity contribution < 1.29 is 0 Å². The highest BCUT2D eigenvalue weighted by Crippen LogP contribution is 1.72. The van der Waals surface area contributed by atoms with Gasteiger partial charge in [-0.1, -0.05) is 0 Å². The maximum atomic E-state index is 2.86. The van der Waals surface area contributed by atoms with Crippen LogP contribution < -0.4 is 0 Å². The molecule has 1 aromatic heterocycles. The molecule has 1 heterocycles. The Hall–Kier alpha value is 0.01000. The summed E-state index contributed by atoms with van der Waals surface area (Å²) < 4.78 is 0. The first-order valence-electron chi connectivity index (χ1n) is 1.58. The molecule has 0 aromatic carbocycles. The van der Waals surface area contributed by atoms with Crippen molar-refractivity contribution in [3.63, 3.8) is 0 Å². The van der Waals surface area contributed by atoms with E-state index in [1.165, 1.54) is 0 Å². The Kier molecular flexibility index (Phi) is 3.21. The first-order valence-corrected chi connectivity index (χ1v) is 1.58. The Morgan fingerprint density at radius 2 is 1.50 bits per heavy atom. The topological polar surface area (TPSA) is 15.8 Å². The standard InChI is InChI=1S/C4H5N.HI/c1-2-4-5-3-1;/h1-5H;1H. The van der Waals surface area contributed by atoms with Crippen LogP contribution in [0.3, 0.4) is 0 Å². The van der Waals surface area contributed by atoms with E-state index in [9.17, 15) is 0 Å². The van der Waals surface area contributed by atoms with Gasteiger partial charge in [-0.25, -0.2) is 0 Å². The molecule has 0 aliphatic carbocycles. The van der Waals surface area contributed by atoms with Gasteiger partial charge in [-0.15, -0.1) is 24.0 Å². The number of aromatic amines is 1. The molecule has 2 heteroatoms. The molecule has 0 amide bonds. The molecule has 0 bridgehead atoms. The lowest BCUT2D eigenvalue weighted by atomic mass is 10.7. The Bertz CT molecular complexity index is 64.0. The number of nitrogens with one attached hydrogen (secondary N) is 1. The molecule has 0 radical (unpaired) electrons. The third-order valence-electron chi connectivity index (χ3n) is 0.496. The van der Waals surface area contributed by atoms with Crippen LogP contribution in [0.15, 0.2) is 24.5 Å². The van der Waals surface area contributed by atoms with Crippen LogP contribution in [-0.2, 0) is 0 Å². The van der Waals surface area contributed by atoms with Gasteiger partial charge in [0.15, 0.2) is 0 Å². The summed E-state index contributed by atoms with van der Waals surface area (Å²) in [6.45, 7) is 0. The zero-order valence-electron chi connectivity index (χ0n) is 3.22. The minimum absolute atomic E-state index is 0. The molecular weight excluding hydrogens is 189 g/mol. The van der Waals surface area contributed by atoms with Crippen molar-refractivity contribution >= 4 is 24.0 Å². The molecule has 0 atom stereocenters. The summed E-state index contributed by atoms with van der Waals surface area (Å²) in [5.74, 6) is 0.